The lowest BCUT2D eigenvalue weighted by molar-refractivity contribution is -0.135. The van der Waals surface area contributed by atoms with Crippen molar-refractivity contribution in [3.63, 3.8) is 0 Å². The molecule has 3 rings (SSSR count). The molecule has 1 unspecified atom stereocenters. The van der Waals surface area contributed by atoms with Crippen molar-refractivity contribution in [1.82, 2.24) is 9.88 Å². The summed E-state index contributed by atoms with van der Waals surface area (Å²) < 4.78 is 5.22. The number of rotatable bonds is 5. The van der Waals surface area contributed by atoms with E-state index in [0.29, 0.717) is 12.5 Å². The van der Waals surface area contributed by atoms with Gasteiger partial charge >= 0.3 is 0 Å². The maximum atomic E-state index is 12.0. The number of fused-ring (bicyclic) bond motifs is 1. The number of likely N-dealkylation sites (tertiary alicyclic amines) is 1. The first-order valence-corrected chi connectivity index (χ1v) is 7.96. The molecule has 0 radical (unpaired) electrons. The molecule has 0 spiro atoms. The Kier molecular flexibility index (Phi) is 4.68. The number of carbonyl (C=O) groups is 1. The molecule has 2 heterocycles. The van der Waals surface area contributed by atoms with Crippen LogP contribution in [0.3, 0.4) is 0 Å². The van der Waals surface area contributed by atoms with Gasteiger partial charge in [-0.1, -0.05) is 18.2 Å². The Morgan fingerprint density at radius 1 is 1.36 bits per heavy atom. The van der Waals surface area contributed by atoms with Gasteiger partial charge in [-0.15, -0.1) is 0 Å². The quantitative estimate of drug-likeness (QED) is 0.852. The van der Waals surface area contributed by atoms with Crippen molar-refractivity contribution in [2.24, 2.45) is 5.92 Å². The summed E-state index contributed by atoms with van der Waals surface area (Å²) in [5, 5.41) is 1.23. The van der Waals surface area contributed by atoms with E-state index in [1.807, 2.05) is 30.2 Å². The van der Waals surface area contributed by atoms with Gasteiger partial charge in [-0.25, -0.2) is 0 Å². The normalized spacial score (nSPS) is 18.0. The third-order valence-corrected chi connectivity index (χ3v) is 4.32. The van der Waals surface area contributed by atoms with Crippen molar-refractivity contribution in [2.45, 2.75) is 19.8 Å². The minimum atomic E-state index is 0.115. The first-order chi connectivity index (χ1) is 10.8. The van der Waals surface area contributed by atoms with E-state index >= 15 is 0 Å². The summed E-state index contributed by atoms with van der Waals surface area (Å²) in [7, 11) is 0. The molecule has 1 aliphatic rings. The topological polar surface area (TPSA) is 42.4 Å². The SMILES string of the molecule is CCOCC(=O)N1CCC(Cc2ccnc3ccccc23)C1. The number of hydrogen-bond acceptors (Lipinski definition) is 3. The van der Waals surface area contributed by atoms with Crippen LogP contribution < -0.4 is 0 Å². The van der Waals surface area contributed by atoms with Gasteiger partial charge in [-0.3, -0.25) is 9.78 Å². The van der Waals surface area contributed by atoms with Gasteiger partial charge in [-0.2, -0.15) is 0 Å². The highest BCUT2D eigenvalue weighted by molar-refractivity contribution is 5.82. The second-order valence-electron chi connectivity index (χ2n) is 5.82. The lowest BCUT2D eigenvalue weighted by atomic mass is 9.96. The zero-order valence-electron chi connectivity index (χ0n) is 13.0. The van der Waals surface area contributed by atoms with E-state index in [4.69, 9.17) is 4.74 Å². The van der Waals surface area contributed by atoms with E-state index in [1.165, 1.54) is 10.9 Å². The molecule has 1 amide bonds. The van der Waals surface area contributed by atoms with Crippen LogP contribution in [0.4, 0.5) is 0 Å². The second-order valence-corrected chi connectivity index (χ2v) is 5.82. The first kappa shape index (κ1) is 15.0. The molecule has 1 aliphatic heterocycles. The molecule has 1 fully saturated rings. The van der Waals surface area contributed by atoms with Gasteiger partial charge in [0.05, 0.1) is 5.52 Å². The highest BCUT2D eigenvalue weighted by Gasteiger charge is 2.26. The molecular formula is C18H22N2O2. The molecule has 1 aromatic carbocycles. The fourth-order valence-corrected chi connectivity index (χ4v) is 3.15. The maximum Gasteiger partial charge on any atom is 0.248 e. The van der Waals surface area contributed by atoms with Crippen molar-refractivity contribution in [2.75, 3.05) is 26.3 Å². The van der Waals surface area contributed by atoms with Gasteiger partial charge in [0, 0.05) is 31.3 Å². The fourth-order valence-electron chi connectivity index (χ4n) is 3.15. The van der Waals surface area contributed by atoms with Crippen LogP contribution in [0.1, 0.15) is 18.9 Å². The van der Waals surface area contributed by atoms with Gasteiger partial charge in [0.1, 0.15) is 6.61 Å². The molecule has 116 valence electrons. The van der Waals surface area contributed by atoms with Crippen molar-refractivity contribution < 1.29 is 9.53 Å². The molecule has 1 saturated heterocycles. The Bertz CT molecular complexity index is 651. The smallest absolute Gasteiger partial charge is 0.248 e. The Morgan fingerprint density at radius 2 is 2.23 bits per heavy atom. The van der Waals surface area contributed by atoms with Crippen LogP contribution >= 0.6 is 0 Å². The van der Waals surface area contributed by atoms with Gasteiger partial charge in [0.2, 0.25) is 5.91 Å². The lowest BCUT2D eigenvalue weighted by Gasteiger charge is -2.16. The molecule has 1 aromatic heterocycles. The molecule has 4 nitrogen and oxygen atoms in total. The molecule has 0 bridgehead atoms. The monoisotopic (exact) mass is 298 g/mol. The number of hydrogen-bond donors (Lipinski definition) is 0. The first-order valence-electron chi connectivity index (χ1n) is 7.96. The molecule has 1 atom stereocenters. The van der Waals surface area contributed by atoms with Gasteiger partial charge in [-0.05, 0) is 43.4 Å². The van der Waals surface area contributed by atoms with Crippen molar-refractivity contribution in [3.8, 4) is 0 Å². The summed E-state index contributed by atoms with van der Waals surface area (Å²) in [5.41, 5.74) is 2.37. The van der Waals surface area contributed by atoms with E-state index in [-0.39, 0.29) is 12.5 Å². The standard InChI is InChI=1S/C18H22N2O2/c1-2-22-13-18(21)20-10-8-14(12-20)11-15-7-9-19-17-6-4-3-5-16(15)17/h3-7,9,14H,2,8,10-13H2,1H3. The van der Waals surface area contributed by atoms with E-state index in [9.17, 15) is 4.79 Å². The average molecular weight is 298 g/mol. The predicted molar refractivity (Wildman–Crippen MR) is 86.6 cm³/mol. The average Bonchev–Trinajstić information content (AvgIpc) is 3.01. The van der Waals surface area contributed by atoms with Crippen LogP contribution in [0, 0.1) is 5.92 Å². The third-order valence-electron chi connectivity index (χ3n) is 4.32. The van der Waals surface area contributed by atoms with E-state index < -0.39 is 0 Å². The van der Waals surface area contributed by atoms with Gasteiger partial charge in [0.15, 0.2) is 0 Å². The number of nitrogens with zero attached hydrogens (tertiary/aromatic N) is 2. The predicted octanol–water partition coefficient (Wildman–Crippen LogP) is 2.66. The van der Waals surface area contributed by atoms with Crippen LogP contribution in [-0.4, -0.2) is 42.1 Å². The summed E-state index contributed by atoms with van der Waals surface area (Å²) in [6, 6.07) is 10.4. The van der Waals surface area contributed by atoms with Crippen molar-refractivity contribution in [3.05, 3.63) is 42.1 Å². The Morgan fingerprint density at radius 3 is 3.09 bits per heavy atom. The molecule has 0 saturated carbocycles. The third kappa shape index (κ3) is 3.28. The molecule has 4 heteroatoms. The number of ether oxygens (including phenoxy) is 1. The molecule has 0 aliphatic carbocycles. The van der Waals surface area contributed by atoms with Crippen LogP contribution in [-0.2, 0) is 16.0 Å². The highest BCUT2D eigenvalue weighted by atomic mass is 16.5. The van der Waals surface area contributed by atoms with E-state index in [1.54, 1.807) is 0 Å². The van der Waals surface area contributed by atoms with Crippen LogP contribution in [0.5, 0.6) is 0 Å². The van der Waals surface area contributed by atoms with Crippen molar-refractivity contribution in [1.29, 1.82) is 0 Å². The van der Waals surface area contributed by atoms with Crippen LogP contribution in [0.2, 0.25) is 0 Å². The van der Waals surface area contributed by atoms with Crippen molar-refractivity contribution >= 4 is 16.8 Å². The van der Waals surface area contributed by atoms with Crippen LogP contribution in [0.25, 0.3) is 10.9 Å². The van der Waals surface area contributed by atoms with Gasteiger partial charge < -0.3 is 9.64 Å². The Balaban J connectivity index is 1.65. The summed E-state index contributed by atoms with van der Waals surface area (Å²) >= 11 is 0. The minimum absolute atomic E-state index is 0.115. The number of carbonyl (C=O) groups excluding carboxylic acids is 1. The van der Waals surface area contributed by atoms with E-state index in [2.05, 4.69) is 23.2 Å². The highest BCUT2D eigenvalue weighted by Crippen LogP contribution is 2.24. The summed E-state index contributed by atoms with van der Waals surface area (Å²) in [6.07, 6.45) is 3.95. The molecule has 2 aromatic rings. The summed E-state index contributed by atoms with van der Waals surface area (Å²) in [4.78, 5) is 18.4. The fraction of sp³-hybridized carbons (Fsp3) is 0.444. The Labute approximate surface area is 131 Å². The zero-order chi connectivity index (χ0) is 15.4. The number of para-hydroxylation sites is 1. The number of amides is 1. The largest absolute Gasteiger partial charge is 0.372 e. The number of benzene rings is 1. The van der Waals surface area contributed by atoms with E-state index in [0.717, 1.165) is 31.4 Å². The zero-order valence-corrected chi connectivity index (χ0v) is 13.0. The minimum Gasteiger partial charge on any atom is -0.372 e. The summed E-state index contributed by atoms with van der Waals surface area (Å²) in [5.74, 6) is 0.639. The molecule has 22 heavy (non-hydrogen) atoms. The number of aromatic nitrogens is 1. The number of pyridine rings is 1. The Hall–Kier alpha value is -1.94. The maximum absolute atomic E-state index is 12.0. The second kappa shape index (κ2) is 6.88. The molecular weight excluding hydrogens is 276 g/mol. The summed E-state index contributed by atoms with van der Waals surface area (Å²) in [6.45, 7) is 4.39. The lowest BCUT2D eigenvalue weighted by Crippen LogP contribution is -2.32. The molecule has 0 N–H and O–H groups in total. The van der Waals surface area contributed by atoms with Gasteiger partial charge in [0.25, 0.3) is 0 Å². The van der Waals surface area contributed by atoms with Crippen LogP contribution in [0.15, 0.2) is 36.5 Å².